The maximum absolute atomic E-state index is 9.63. The Morgan fingerprint density at radius 2 is 1.00 bits per heavy atom. The molecule has 0 atom stereocenters. The molecule has 0 bridgehead atoms. The summed E-state index contributed by atoms with van der Waals surface area (Å²) in [4.78, 5) is 31.0. The predicted molar refractivity (Wildman–Crippen MR) is 33.2 cm³/mol. The number of rotatable bonds is 2. The van der Waals surface area contributed by atoms with E-state index in [4.69, 9.17) is 33.9 Å². The fourth-order valence-corrected chi connectivity index (χ4v) is 1.25. The van der Waals surface area contributed by atoms with Crippen molar-refractivity contribution >= 4 is 15.6 Å². The average Bonchev–Trinajstić information content (AvgIpc) is 1.42. The zero-order valence-corrected chi connectivity index (χ0v) is 15.8. The molecule has 0 fully saturated rings. The third kappa shape index (κ3) is 54.9. The van der Waals surface area contributed by atoms with Gasteiger partial charge in [-0.25, -0.2) is 9.13 Å². The molecule has 0 heterocycles. The van der Waals surface area contributed by atoms with Crippen LogP contribution in [0.25, 0.3) is 0 Å². The average molecular weight is 388 g/mol. The Kier molecular flexibility index (Phi) is 17.3. The zero-order valence-electron chi connectivity index (χ0n) is 10.0. The van der Waals surface area contributed by atoms with Crippen LogP contribution in [0.15, 0.2) is 0 Å². The predicted octanol–water partition coefficient (Wildman–Crippen LogP) is -7.93. The first kappa shape index (κ1) is 26.9. The molecule has 0 aliphatic carbocycles. The summed E-state index contributed by atoms with van der Waals surface area (Å²) in [6.07, 6.45) is 0. The molecule has 16 heavy (non-hydrogen) atoms. The topological polar surface area (TPSA) is 199 Å². The van der Waals surface area contributed by atoms with E-state index in [1.165, 1.54) is 0 Å². The van der Waals surface area contributed by atoms with Crippen molar-refractivity contribution in [2.75, 3.05) is 0 Å². The molecular weight excluding hydrogens is 380 g/mol. The summed E-state index contributed by atoms with van der Waals surface area (Å²) in [5.74, 6) is 0. The van der Waals surface area contributed by atoms with Crippen LogP contribution in [0.5, 0.6) is 0 Å². The number of phosphoric acid groups is 2. The van der Waals surface area contributed by atoms with E-state index < -0.39 is 32.4 Å². The van der Waals surface area contributed by atoms with E-state index in [1.807, 2.05) is 0 Å². The first-order valence-corrected chi connectivity index (χ1v) is 8.72. The Balaban J connectivity index is -0.0000000359. The van der Waals surface area contributed by atoms with E-state index in [-0.39, 0.29) is 62.0 Å². The molecule has 0 saturated carbocycles. The standard InChI is InChI=1S/Mo.2Na.H4O7P2.2H2O.2O.2H/c;;;1-8(2,3)7-9(4,5)6;;;;;;/h;;;(H2,1,2,3)(H2,4,5,6);2*1H2;;;;/q+2;2*+1;;;;;;2*-1/p-2. The SMILES string of the molecule is O=P(O)(O)OP(=O)(O)O.[H-].[H-].[Na+].[Na+].[O]=[Mo](=[O])([OH])[OH]. The van der Waals surface area contributed by atoms with Gasteiger partial charge in [-0.2, -0.15) is 4.31 Å². The summed E-state index contributed by atoms with van der Waals surface area (Å²) in [5.41, 5.74) is 0. The van der Waals surface area contributed by atoms with Crippen molar-refractivity contribution in [2.24, 2.45) is 0 Å². The van der Waals surface area contributed by atoms with Gasteiger partial charge >= 0.3 is 106 Å². The monoisotopic (exact) mass is 390 g/mol. The molecule has 0 unspecified atom stereocenters. The first-order valence-electron chi connectivity index (χ1n) is 2.23. The number of hydrogen-bond acceptors (Lipinski definition) is 5. The molecule has 0 rings (SSSR count). The van der Waals surface area contributed by atoms with Crippen LogP contribution in [0, 0.1) is 0 Å². The summed E-state index contributed by atoms with van der Waals surface area (Å²) in [6, 6.07) is 0. The van der Waals surface area contributed by atoms with E-state index in [2.05, 4.69) is 4.31 Å². The third-order valence-corrected chi connectivity index (χ3v) is 1.91. The molecule has 0 aromatic heterocycles. The van der Waals surface area contributed by atoms with Crippen molar-refractivity contribution in [1.29, 1.82) is 0 Å². The molecule has 6 N–H and O–H groups in total. The van der Waals surface area contributed by atoms with Gasteiger partial charge in [0, 0.05) is 0 Å². The van der Waals surface area contributed by atoms with Gasteiger partial charge in [0.25, 0.3) is 0 Å². The van der Waals surface area contributed by atoms with Crippen molar-refractivity contribution in [2.45, 2.75) is 0 Å². The van der Waals surface area contributed by atoms with Crippen LogP contribution >= 0.6 is 15.6 Å². The Hall–Kier alpha value is 2.47. The normalized spacial score (nSPS) is 11.4. The van der Waals surface area contributed by atoms with Crippen molar-refractivity contribution in [3.63, 3.8) is 0 Å². The van der Waals surface area contributed by atoms with Crippen molar-refractivity contribution < 1.29 is 126 Å². The van der Waals surface area contributed by atoms with Crippen LogP contribution in [0.3, 0.4) is 0 Å². The van der Waals surface area contributed by atoms with E-state index >= 15 is 0 Å². The van der Waals surface area contributed by atoms with E-state index in [9.17, 15) is 9.13 Å². The summed E-state index contributed by atoms with van der Waals surface area (Å²) in [5, 5.41) is 0. The van der Waals surface area contributed by atoms with Gasteiger partial charge in [-0.3, -0.25) is 0 Å². The summed E-state index contributed by atoms with van der Waals surface area (Å²) < 4.78 is 54.2. The van der Waals surface area contributed by atoms with Crippen molar-refractivity contribution in [3.05, 3.63) is 0 Å². The van der Waals surface area contributed by atoms with Crippen LogP contribution in [-0.4, -0.2) is 27.1 Å². The minimum atomic E-state index is -5.52. The third-order valence-electron chi connectivity index (χ3n) is 0.213. The molecule has 11 nitrogen and oxygen atoms in total. The molecule has 0 amide bonds. The second-order valence-corrected chi connectivity index (χ2v) is 6.33. The summed E-state index contributed by atoms with van der Waals surface area (Å²) in [6.45, 7) is 0. The molecule has 0 aromatic rings. The van der Waals surface area contributed by atoms with Gasteiger partial charge in [0.1, 0.15) is 0 Å². The van der Waals surface area contributed by atoms with Gasteiger partial charge in [0.05, 0.1) is 0 Å². The second-order valence-electron chi connectivity index (χ2n) is 1.51. The van der Waals surface area contributed by atoms with Crippen LogP contribution in [-0.2, 0) is 37.0 Å². The van der Waals surface area contributed by atoms with Crippen LogP contribution in [0.1, 0.15) is 2.85 Å². The minimum absolute atomic E-state index is 0. The molecule has 0 spiro atoms. The van der Waals surface area contributed by atoms with Gasteiger partial charge < -0.3 is 22.4 Å². The molecule has 0 saturated heterocycles. The summed E-state index contributed by atoms with van der Waals surface area (Å²) in [7, 11) is -10.1. The molecule has 92 valence electrons. The van der Waals surface area contributed by atoms with Gasteiger partial charge in [-0.15, -0.1) is 0 Å². The Morgan fingerprint density at radius 3 is 1.00 bits per heavy atom. The fourth-order valence-electron chi connectivity index (χ4n) is 0.139. The van der Waals surface area contributed by atoms with E-state index in [0.29, 0.717) is 0 Å². The quantitative estimate of drug-likeness (QED) is 0.194. The van der Waals surface area contributed by atoms with Gasteiger partial charge in [-0.05, 0) is 0 Å². The fraction of sp³-hybridized carbons (Fsp3) is 0. The molecular formula is H8MoNa2O11P2. The molecule has 0 radical (unpaired) electrons. The van der Waals surface area contributed by atoms with Crippen LogP contribution in [0.4, 0.5) is 0 Å². The zero-order chi connectivity index (χ0) is 12.2. The Labute approximate surface area is 140 Å². The Bertz CT molecular complexity index is 325. The van der Waals surface area contributed by atoms with Gasteiger partial charge in [0.2, 0.25) is 0 Å². The molecule has 16 heteroatoms. The number of hydrogen-bond donors (Lipinski definition) is 6. The van der Waals surface area contributed by atoms with E-state index in [0.717, 1.165) is 0 Å². The van der Waals surface area contributed by atoms with Crippen LogP contribution in [0.2, 0.25) is 0 Å². The second kappa shape index (κ2) is 10.3. The maximum atomic E-state index is 9.63. The van der Waals surface area contributed by atoms with Crippen molar-refractivity contribution in [3.8, 4) is 0 Å². The molecule has 0 aliphatic heterocycles. The first-order chi connectivity index (χ1) is 5.71. The molecule has 0 aromatic carbocycles. The Morgan fingerprint density at radius 1 is 0.875 bits per heavy atom. The van der Waals surface area contributed by atoms with Crippen molar-refractivity contribution in [1.82, 2.24) is 0 Å². The van der Waals surface area contributed by atoms with Gasteiger partial charge in [0.15, 0.2) is 0 Å². The summed E-state index contributed by atoms with van der Waals surface area (Å²) >= 11 is -5.52. The van der Waals surface area contributed by atoms with E-state index in [1.54, 1.807) is 0 Å². The molecule has 0 aliphatic rings. The van der Waals surface area contributed by atoms with Crippen LogP contribution < -0.4 is 59.1 Å². The van der Waals surface area contributed by atoms with Gasteiger partial charge in [-0.1, -0.05) is 0 Å².